The summed E-state index contributed by atoms with van der Waals surface area (Å²) in [5.74, 6) is 0. The first-order valence-corrected chi connectivity index (χ1v) is 6.96. The van der Waals surface area contributed by atoms with E-state index in [9.17, 15) is 4.79 Å². The van der Waals surface area contributed by atoms with Crippen molar-refractivity contribution < 1.29 is 0 Å². The van der Waals surface area contributed by atoms with E-state index in [1.165, 1.54) is 27.1 Å². The van der Waals surface area contributed by atoms with Crippen molar-refractivity contribution in [1.82, 2.24) is 15.1 Å². The first-order valence-electron chi connectivity index (χ1n) is 6.96. The molecule has 3 rings (SSSR count). The van der Waals surface area contributed by atoms with Crippen molar-refractivity contribution in [3.8, 4) is 0 Å². The number of benzene rings is 2. The highest BCUT2D eigenvalue weighted by atomic mass is 16.1. The van der Waals surface area contributed by atoms with Crippen LogP contribution in [-0.2, 0) is 6.54 Å². The van der Waals surface area contributed by atoms with E-state index >= 15 is 0 Å². The van der Waals surface area contributed by atoms with Gasteiger partial charge in [-0.3, -0.25) is 4.79 Å². The van der Waals surface area contributed by atoms with Crippen LogP contribution in [0.15, 0.2) is 65.6 Å². The van der Waals surface area contributed by atoms with Gasteiger partial charge >= 0.3 is 0 Å². The second kappa shape index (κ2) is 5.89. The van der Waals surface area contributed by atoms with Crippen LogP contribution in [0.4, 0.5) is 0 Å². The van der Waals surface area contributed by atoms with E-state index in [2.05, 4.69) is 34.7 Å². The van der Waals surface area contributed by atoms with Gasteiger partial charge in [0.05, 0.1) is 12.6 Å². The lowest BCUT2D eigenvalue weighted by molar-refractivity contribution is 0.454. The average Bonchev–Trinajstić information content (AvgIpc) is 2.54. The number of aromatic nitrogens is 2. The SMILES string of the molecule is CNC(Cn1ncccc1=O)c1cccc2ccccc12. The fourth-order valence-electron chi connectivity index (χ4n) is 2.60. The van der Waals surface area contributed by atoms with Gasteiger partial charge in [-0.25, -0.2) is 4.68 Å². The number of rotatable bonds is 4. The van der Waals surface area contributed by atoms with E-state index < -0.39 is 0 Å². The third kappa shape index (κ3) is 2.71. The maximum absolute atomic E-state index is 11.8. The maximum Gasteiger partial charge on any atom is 0.266 e. The molecule has 0 aliphatic rings. The zero-order chi connectivity index (χ0) is 14.7. The zero-order valence-corrected chi connectivity index (χ0v) is 11.9. The summed E-state index contributed by atoms with van der Waals surface area (Å²) in [4.78, 5) is 11.8. The lowest BCUT2D eigenvalue weighted by atomic mass is 9.99. The van der Waals surface area contributed by atoms with Crippen molar-refractivity contribution in [2.45, 2.75) is 12.6 Å². The van der Waals surface area contributed by atoms with Crippen molar-refractivity contribution >= 4 is 10.8 Å². The topological polar surface area (TPSA) is 46.9 Å². The van der Waals surface area contributed by atoms with Crippen LogP contribution in [0.5, 0.6) is 0 Å². The lowest BCUT2D eigenvalue weighted by Gasteiger charge is -2.19. The van der Waals surface area contributed by atoms with Gasteiger partial charge < -0.3 is 5.32 Å². The van der Waals surface area contributed by atoms with Crippen LogP contribution >= 0.6 is 0 Å². The van der Waals surface area contributed by atoms with Gasteiger partial charge in [-0.05, 0) is 29.4 Å². The Morgan fingerprint density at radius 1 is 1.10 bits per heavy atom. The molecule has 0 aliphatic heterocycles. The van der Waals surface area contributed by atoms with Crippen LogP contribution in [0.25, 0.3) is 10.8 Å². The molecule has 1 aromatic heterocycles. The van der Waals surface area contributed by atoms with Gasteiger partial charge in [0, 0.05) is 12.3 Å². The van der Waals surface area contributed by atoms with Crippen LogP contribution in [0.1, 0.15) is 11.6 Å². The Hall–Kier alpha value is -2.46. The van der Waals surface area contributed by atoms with Gasteiger partial charge in [0.15, 0.2) is 0 Å². The number of hydrogen-bond acceptors (Lipinski definition) is 3. The molecule has 0 aliphatic carbocycles. The summed E-state index contributed by atoms with van der Waals surface area (Å²) in [7, 11) is 1.90. The number of likely N-dealkylation sites (N-methyl/N-ethyl adjacent to an activating group) is 1. The van der Waals surface area contributed by atoms with Crippen LogP contribution in [0, 0.1) is 0 Å². The third-order valence-corrected chi connectivity index (χ3v) is 3.69. The molecule has 1 unspecified atom stereocenters. The second-order valence-corrected chi connectivity index (χ2v) is 4.95. The molecule has 0 saturated heterocycles. The summed E-state index contributed by atoms with van der Waals surface area (Å²) in [5.41, 5.74) is 1.09. The highest BCUT2D eigenvalue weighted by Gasteiger charge is 2.13. The smallest absolute Gasteiger partial charge is 0.266 e. The van der Waals surface area contributed by atoms with Crippen molar-refractivity contribution in [3.05, 3.63) is 76.7 Å². The summed E-state index contributed by atoms with van der Waals surface area (Å²) >= 11 is 0. The molecular weight excluding hydrogens is 262 g/mol. The van der Waals surface area contributed by atoms with E-state index in [1.807, 2.05) is 25.2 Å². The molecular formula is C17H17N3O. The Labute approximate surface area is 123 Å². The van der Waals surface area contributed by atoms with Crippen LogP contribution in [0.3, 0.4) is 0 Å². The molecule has 2 aromatic carbocycles. The zero-order valence-electron chi connectivity index (χ0n) is 11.9. The van der Waals surface area contributed by atoms with Gasteiger partial charge in [0.1, 0.15) is 0 Å². The summed E-state index contributed by atoms with van der Waals surface area (Å²) in [6.07, 6.45) is 1.64. The van der Waals surface area contributed by atoms with Gasteiger partial charge in [0.25, 0.3) is 5.56 Å². The number of fused-ring (bicyclic) bond motifs is 1. The molecule has 0 bridgehead atoms. The fourth-order valence-corrected chi connectivity index (χ4v) is 2.60. The summed E-state index contributed by atoms with van der Waals surface area (Å²) < 4.78 is 1.49. The highest BCUT2D eigenvalue weighted by Crippen LogP contribution is 2.24. The molecule has 4 nitrogen and oxygen atoms in total. The number of nitrogens with one attached hydrogen (secondary N) is 1. The molecule has 106 valence electrons. The van der Waals surface area contributed by atoms with Crippen LogP contribution in [-0.4, -0.2) is 16.8 Å². The minimum atomic E-state index is -0.0852. The summed E-state index contributed by atoms with van der Waals surface area (Å²) in [6.45, 7) is 0.504. The molecule has 0 radical (unpaired) electrons. The molecule has 0 spiro atoms. The summed E-state index contributed by atoms with van der Waals surface area (Å²) in [5, 5.41) is 9.82. The van der Waals surface area contributed by atoms with Crippen LogP contribution < -0.4 is 10.9 Å². The molecule has 1 atom stereocenters. The van der Waals surface area contributed by atoms with Crippen molar-refractivity contribution in [2.75, 3.05) is 7.05 Å². The van der Waals surface area contributed by atoms with E-state index in [1.54, 1.807) is 12.3 Å². The highest BCUT2D eigenvalue weighted by molar-refractivity contribution is 5.86. The fraction of sp³-hybridized carbons (Fsp3) is 0.176. The lowest BCUT2D eigenvalue weighted by Crippen LogP contribution is -2.29. The average molecular weight is 279 g/mol. The minimum absolute atomic E-state index is 0.0312. The predicted octanol–water partition coefficient (Wildman–Crippen LogP) is 2.36. The van der Waals surface area contributed by atoms with Crippen molar-refractivity contribution in [2.24, 2.45) is 0 Å². The second-order valence-electron chi connectivity index (χ2n) is 4.95. The van der Waals surface area contributed by atoms with Gasteiger partial charge in [-0.15, -0.1) is 0 Å². The molecule has 1 heterocycles. The molecule has 3 aromatic rings. The Morgan fingerprint density at radius 3 is 2.71 bits per heavy atom. The molecule has 1 N–H and O–H groups in total. The quantitative estimate of drug-likeness (QED) is 0.797. The maximum atomic E-state index is 11.8. The molecule has 0 amide bonds. The van der Waals surface area contributed by atoms with E-state index in [0.29, 0.717) is 6.54 Å². The molecule has 4 heteroatoms. The molecule has 21 heavy (non-hydrogen) atoms. The van der Waals surface area contributed by atoms with Gasteiger partial charge in [-0.1, -0.05) is 42.5 Å². The number of hydrogen-bond donors (Lipinski definition) is 1. The molecule has 0 fully saturated rings. The van der Waals surface area contributed by atoms with E-state index in [0.717, 1.165) is 0 Å². The van der Waals surface area contributed by atoms with Crippen molar-refractivity contribution in [1.29, 1.82) is 0 Å². The van der Waals surface area contributed by atoms with E-state index in [4.69, 9.17) is 0 Å². The predicted molar refractivity (Wildman–Crippen MR) is 84.2 cm³/mol. The molecule has 0 saturated carbocycles. The monoisotopic (exact) mass is 279 g/mol. The Kier molecular flexibility index (Phi) is 3.79. The van der Waals surface area contributed by atoms with Crippen molar-refractivity contribution in [3.63, 3.8) is 0 Å². The normalized spacial score (nSPS) is 12.4. The van der Waals surface area contributed by atoms with E-state index in [-0.39, 0.29) is 11.6 Å². The third-order valence-electron chi connectivity index (χ3n) is 3.69. The Morgan fingerprint density at radius 2 is 1.90 bits per heavy atom. The number of nitrogens with zero attached hydrogens (tertiary/aromatic N) is 2. The minimum Gasteiger partial charge on any atom is -0.311 e. The van der Waals surface area contributed by atoms with Crippen LogP contribution in [0.2, 0.25) is 0 Å². The summed E-state index contributed by atoms with van der Waals surface area (Å²) in [6, 6.07) is 17.7. The largest absolute Gasteiger partial charge is 0.311 e. The van der Waals surface area contributed by atoms with Gasteiger partial charge in [0.2, 0.25) is 0 Å². The first kappa shape index (κ1) is 13.5. The first-order chi connectivity index (χ1) is 10.3. The standard InChI is InChI=1S/C17H17N3O/c1-18-16(12-20-17(21)10-5-11-19-20)15-9-4-7-13-6-2-3-8-14(13)15/h2-11,16,18H,12H2,1H3. The Balaban J connectivity index is 2.03. The van der Waals surface area contributed by atoms with Gasteiger partial charge in [-0.2, -0.15) is 5.10 Å². The Bertz CT molecular complexity index is 805.